The number of ether oxygens (including phenoxy) is 2. The lowest BCUT2D eigenvalue weighted by molar-refractivity contribution is -0.156. The van der Waals surface area contributed by atoms with Crippen molar-refractivity contribution in [1.29, 1.82) is 0 Å². The Bertz CT molecular complexity index is 645. The SMILES string of the molecule is CC1CC(CC(=O)OC(C)(C)C)CCc2ccc(N3CCCOCC3)nc21. The van der Waals surface area contributed by atoms with E-state index in [1.165, 1.54) is 11.3 Å². The molecule has 0 bridgehead atoms. The van der Waals surface area contributed by atoms with Crippen molar-refractivity contribution in [1.82, 2.24) is 4.98 Å². The van der Waals surface area contributed by atoms with Gasteiger partial charge in [-0.25, -0.2) is 4.98 Å². The number of esters is 1. The molecule has 1 aliphatic carbocycles. The molecule has 27 heavy (non-hydrogen) atoms. The van der Waals surface area contributed by atoms with Crippen LogP contribution in [0.15, 0.2) is 12.1 Å². The summed E-state index contributed by atoms with van der Waals surface area (Å²) >= 11 is 0. The zero-order chi connectivity index (χ0) is 19.4. The zero-order valence-electron chi connectivity index (χ0n) is 17.3. The number of hydrogen-bond acceptors (Lipinski definition) is 5. The van der Waals surface area contributed by atoms with Gasteiger partial charge in [0.05, 0.1) is 6.61 Å². The van der Waals surface area contributed by atoms with Crippen molar-refractivity contribution in [2.75, 3.05) is 31.2 Å². The highest BCUT2D eigenvalue weighted by atomic mass is 16.6. The van der Waals surface area contributed by atoms with Gasteiger partial charge in [-0.3, -0.25) is 4.79 Å². The molecule has 0 amide bonds. The number of carbonyl (C=O) groups is 1. The third-order valence-electron chi connectivity index (χ3n) is 5.39. The van der Waals surface area contributed by atoms with Gasteiger partial charge in [-0.05, 0) is 69.9 Å². The summed E-state index contributed by atoms with van der Waals surface area (Å²) in [4.78, 5) is 19.6. The first-order chi connectivity index (χ1) is 12.8. The van der Waals surface area contributed by atoms with Crippen molar-refractivity contribution in [2.45, 2.75) is 71.3 Å². The second kappa shape index (κ2) is 8.59. The molecule has 1 aromatic rings. The Labute approximate surface area is 163 Å². The zero-order valence-corrected chi connectivity index (χ0v) is 17.3. The lowest BCUT2D eigenvalue weighted by Gasteiger charge is -2.23. The first-order valence-electron chi connectivity index (χ1n) is 10.4. The fourth-order valence-electron chi connectivity index (χ4n) is 4.18. The highest BCUT2D eigenvalue weighted by Crippen LogP contribution is 2.35. The van der Waals surface area contributed by atoms with Gasteiger partial charge in [-0.15, -0.1) is 0 Å². The maximum absolute atomic E-state index is 12.3. The molecule has 3 rings (SSSR count). The molecular formula is C22H34N2O3. The number of hydrogen-bond donors (Lipinski definition) is 0. The van der Waals surface area contributed by atoms with Gasteiger partial charge >= 0.3 is 5.97 Å². The molecule has 1 aromatic heterocycles. The molecule has 0 saturated carbocycles. The quantitative estimate of drug-likeness (QED) is 0.589. The summed E-state index contributed by atoms with van der Waals surface area (Å²) < 4.78 is 11.1. The predicted octanol–water partition coefficient (Wildman–Crippen LogP) is 4.10. The third-order valence-corrected chi connectivity index (χ3v) is 5.39. The number of aryl methyl sites for hydroxylation is 1. The van der Waals surface area contributed by atoms with Crippen molar-refractivity contribution in [3.63, 3.8) is 0 Å². The van der Waals surface area contributed by atoms with Gasteiger partial charge in [-0.2, -0.15) is 0 Å². The molecule has 1 fully saturated rings. The van der Waals surface area contributed by atoms with Crippen molar-refractivity contribution < 1.29 is 14.3 Å². The summed E-state index contributed by atoms with van der Waals surface area (Å²) in [5.74, 6) is 1.71. The van der Waals surface area contributed by atoms with Crippen molar-refractivity contribution in [3.8, 4) is 0 Å². The number of rotatable bonds is 3. The number of anilines is 1. The van der Waals surface area contributed by atoms with Crippen LogP contribution in [0, 0.1) is 5.92 Å². The summed E-state index contributed by atoms with van der Waals surface area (Å²) in [5.41, 5.74) is 2.14. The lowest BCUT2D eigenvalue weighted by atomic mass is 9.91. The standard InChI is InChI=1S/C22H34N2O3/c1-16-14-17(15-20(25)27-22(2,3)4)6-7-18-8-9-19(23-21(16)18)24-10-5-12-26-13-11-24/h8-9,16-17H,5-7,10-15H2,1-4H3. The van der Waals surface area contributed by atoms with E-state index in [2.05, 4.69) is 24.0 Å². The van der Waals surface area contributed by atoms with Crippen molar-refractivity contribution in [2.24, 2.45) is 5.92 Å². The van der Waals surface area contributed by atoms with E-state index < -0.39 is 5.60 Å². The lowest BCUT2D eigenvalue weighted by Crippen LogP contribution is -2.27. The Kier molecular flexibility index (Phi) is 6.40. The molecule has 2 unspecified atom stereocenters. The van der Waals surface area contributed by atoms with Gasteiger partial charge in [0.2, 0.25) is 0 Å². The molecule has 5 nitrogen and oxygen atoms in total. The smallest absolute Gasteiger partial charge is 0.306 e. The normalized spacial score (nSPS) is 23.9. The first-order valence-corrected chi connectivity index (χ1v) is 10.4. The average molecular weight is 375 g/mol. The fraction of sp³-hybridized carbons (Fsp3) is 0.727. The molecule has 2 heterocycles. The van der Waals surface area contributed by atoms with Gasteiger partial charge in [0.1, 0.15) is 11.4 Å². The summed E-state index contributed by atoms with van der Waals surface area (Å²) in [6, 6.07) is 4.40. The Morgan fingerprint density at radius 2 is 2.11 bits per heavy atom. The largest absolute Gasteiger partial charge is 0.460 e. The minimum Gasteiger partial charge on any atom is -0.460 e. The van der Waals surface area contributed by atoms with Crippen LogP contribution in [-0.2, 0) is 20.7 Å². The highest BCUT2D eigenvalue weighted by molar-refractivity contribution is 5.70. The molecule has 0 N–H and O–H groups in total. The van der Waals surface area contributed by atoms with Gasteiger partial charge in [0.15, 0.2) is 0 Å². The van der Waals surface area contributed by atoms with E-state index in [0.717, 1.165) is 57.8 Å². The van der Waals surface area contributed by atoms with Crippen LogP contribution >= 0.6 is 0 Å². The Hall–Kier alpha value is -1.62. The number of fused-ring (bicyclic) bond motifs is 1. The van der Waals surface area contributed by atoms with E-state index in [4.69, 9.17) is 14.5 Å². The fourth-order valence-corrected chi connectivity index (χ4v) is 4.18. The molecule has 1 aliphatic heterocycles. The number of pyridine rings is 1. The maximum atomic E-state index is 12.3. The number of aromatic nitrogens is 1. The topological polar surface area (TPSA) is 51.7 Å². The first kappa shape index (κ1) is 20.1. The average Bonchev–Trinajstić information content (AvgIpc) is 2.93. The highest BCUT2D eigenvalue weighted by Gasteiger charge is 2.27. The van der Waals surface area contributed by atoms with Crippen LogP contribution in [0.2, 0.25) is 0 Å². The monoisotopic (exact) mass is 374 g/mol. The minimum atomic E-state index is -0.413. The van der Waals surface area contributed by atoms with Gasteiger partial charge in [-0.1, -0.05) is 13.0 Å². The summed E-state index contributed by atoms with van der Waals surface area (Å²) in [6.45, 7) is 11.5. The Balaban J connectivity index is 1.68. The number of carbonyl (C=O) groups excluding carboxylic acids is 1. The Morgan fingerprint density at radius 3 is 2.89 bits per heavy atom. The summed E-state index contributed by atoms with van der Waals surface area (Å²) in [6.07, 6.45) is 4.56. The van der Waals surface area contributed by atoms with Gasteiger partial charge < -0.3 is 14.4 Å². The van der Waals surface area contributed by atoms with Gasteiger partial charge in [0, 0.05) is 31.8 Å². The molecular weight excluding hydrogens is 340 g/mol. The molecule has 2 atom stereocenters. The molecule has 1 saturated heterocycles. The van der Waals surface area contributed by atoms with Gasteiger partial charge in [0.25, 0.3) is 0 Å². The van der Waals surface area contributed by atoms with Crippen LogP contribution < -0.4 is 4.90 Å². The van der Waals surface area contributed by atoms with E-state index in [1.807, 2.05) is 20.8 Å². The van der Waals surface area contributed by atoms with Crippen molar-refractivity contribution in [3.05, 3.63) is 23.4 Å². The molecule has 2 aliphatic rings. The minimum absolute atomic E-state index is 0.0797. The second-order valence-corrected chi connectivity index (χ2v) is 9.00. The molecule has 0 radical (unpaired) electrons. The van der Waals surface area contributed by atoms with Crippen LogP contribution in [0.4, 0.5) is 5.82 Å². The molecule has 0 spiro atoms. The van der Waals surface area contributed by atoms with Crippen LogP contribution in [-0.4, -0.2) is 42.9 Å². The summed E-state index contributed by atoms with van der Waals surface area (Å²) in [5, 5.41) is 0. The van der Waals surface area contributed by atoms with Crippen LogP contribution in [0.3, 0.4) is 0 Å². The second-order valence-electron chi connectivity index (χ2n) is 9.00. The van der Waals surface area contributed by atoms with E-state index in [0.29, 0.717) is 18.3 Å². The summed E-state index contributed by atoms with van der Waals surface area (Å²) in [7, 11) is 0. The van der Waals surface area contributed by atoms with E-state index >= 15 is 0 Å². The van der Waals surface area contributed by atoms with E-state index in [-0.39, 0.29) is 5.97 Å². The molecule has 150 valence electrons. The van der Waals surface area contributed by atoms with Crippen LogP contribution in [0.25, 0.3) is 0 Å². The maximum Gasteiger partial charge on any atom is 0.306 e. The van der Waals surface area contributed by atoms with Crippen LogP contribution in [0.1, 0.15) is 70.6 Å². The third kappa shape index (κ3) is 5.68. The number of nitrogens with zero attached hydrogens (tertiary/aromatic N) is 2. The Morgan fingerprint density at radius 1 is 1.30 bits per heavy atom. The van der Waals surface area contributed by atoms with Crippen molar-refractivity contribution >= 4 is 11.8 Å². The van der Waals surface area contributed by atoms with Crippen LogP contribution in [0.5, 0.6) is 0 Å². The van der Waals surface area contributed by atoms with E-state index in [1.54, 1.807) is 0 Å². The molecule has 0 aromatic carbocycles. The predicted molar refractivity (Wildman–Crippen MR) is 107 cm³/mol. The molecule has 5 heteroatoms. The van der Waals surface area contributed by atoms with E-state index in [9.17, 15) is 4.79 Å².